The summed E-state index contributed by atoms with van der Waals surface area (Å²) in [5.74, 6) is 1.16. The molecule has 78 valence electrons. The van der Waals surface area contributed by atoms with Gasteiger partial charge in [0, 0.05) is 14.7 Å². The molecule has 0 radical (unpaired) electrons. The predicted octanol–water partition coefficient (Wildman–Crippen LogP) is 2.49. The minimum Gasteiger partial charge on any atom is -0.382 e. The first-order valence-corrected chi connectivity index (χ1v) is 5.95. The van der Waals surface area contributed by atoms with Crippen molar-refractivity contribution >= 4 is 38.9 Å². The van der Waals surface area contributed by atoms with Crippen LogP contribution in [0.1, 0.15) is 4.88 Å². The van der Waals surface area contributed by atoms with Crippen molar-refractivity contribution in [2.24, 2.45) is 0 Å². The Labute approximate surface area is 99.7 Å². The van der Waals surface area contributed by atoms with Gasteiger partial charge in [-0.2, -0.15) is 0 Å². The van der Waals surface area contributed by atoms with Gasteiger partial charge >= 0.3 is 0 Å². The van der Waals surface area contributed by atoms with Crippen LogP contribution < -0.4 is 11.1 Å². The summed E-state index contributed by atoms with van der Waals surface area (Å²) in [4.78, 5) is 9.27. The first kappa shape index (κ1) is 10.4. The summed E-state index contributed by atoms with van der Waals surface area (Å²) in [7, 11) is 0. The number of aromatic nitrogens is 2. The molecule has 6 heteroatoms. The van der Waals surface area contributed by atoms with Crippen LogP contribution in [-0.2, 0) is 6.54 Å². The maximum absolute atomic E-state index is 5.43. The van der Waals surface area contributed by atoms with E-state index in [0.717, 1.165) is 16.8 Å². The van der Waals surface area contributed by atoms with Gasteiger partial charge in [-0.1, -0.05) is 0 Å². The Kier molecular flexibility index (Phi) is 3.17. The molecule has 2 aromatic rings. The lowest BCUT2D eigenvalue weighted by Crippen LogP contribution is -2.01. The van der Waals surface area contributed by atoms with E-state index >= 15 is 0 Å². The predicted molar refractivity (Wildman–Crippen MR) is 65.8 cm³/mol. The molecule has 0 aliphatic rings. The number of rotatable bonds is 3. The van der Waals surface area contributed by atoms with Gasteiger partial charge in [-0.05, 0) is 22.0 Å². The highest BCUT2D eigenvalue weighted by Crippen LogP contribution is 2.20. The van der Waals surface area contributed by atoms with Gasteiger partial charge in [0.15, 0.2) is 0 Å². The number of nitrogens with zero attached hydrogens (tertiary/aromatic N) is 2. The smallest absolute Gasteiger partial charge is 0.144 e. The zero-order valence-corrected chi connectivity index (χ0v) is 10.2. The second kappa shape index (κ2) is 4.59. The fourth-order valence-corrected chi connectivity index (χ4v) is 2.44. The number of hydrogen-bond acceptors (Lipinski definition) is 5. The summed E-state index contributed by atoms with van der Waals surface area (Å²) < 4.78 is 1.10. The molecule has 0 aromatic carbocycles. The molecule has 0 fully saturated rings. The van der Waals surface area contributed by atoms with E-state index < -0.39 is 0 Å². The molecule has 2 rings (SSSR count). The Hall–Kier alpha value is -1.14. The van der Waals surface area contributed by atoms with E-state index in [1.54, 1.807) is 17.5 Å². The Morgan fingerprint density at radius 3 is 2.87 bits per heavy atom. The van der Waals surface area contributed by atoms with Crippen LogP contribution in [0.3, 0.4) is 0 Å². The number of nitrogens with one attached hydrogen (secondary N) is 1. The molecule has 15 heavy (non-hydrogen) atoms. The first-order valence-electron chi connectivity index (χ1n) is 4.28. The van der Waals surface area contributed by atoms with Gasteiger partial charge in [-0.15, -0.1) is 11.3 Å². The molecular formula is C9H9BrN4S. The minimum absolute atomic E-state index is 0.430. The second-order valence-corrected chi connectivity index (χ2v) is 4.82. The van der Waals surface area contributed by atoms with Crippen molar-refractivity contribution in [2.45, 2.75) is 6.54 Å². The van der Waals surface area contributed by atoms with Crippen molar-refractivity contribution in [3.8, 4) is 0 Å². The van der Waals surface area contributed by atoms with E-state index in [1.165, 1.54) is 11.1 Å². The maximum Gasteiger partial charge on any atom is 0.144 e. The van der Waals surface area contributed by atoms with Gasteiger partial charge in [0.25, 0.3) is 0 Å². The van der Waals surface area contributed by atoms with Crippen molar-refractivity contribution in [1.82, 2.24) is 9.97 Å². The van der Waals surface area contributed by atoms with Crippen LogP contribution in [0.2, 0.25) is 0 Å². The van der Waals surface area contributed by atoms with Crippen LogP contribution in [0.4, 0.5) is 11.6 Å². The van der Waals surface area contributed by atoms with Crippen LogP contribution in [0.5, 0.6) is 0 Å². The third-order valence-electron chi connectivity index (χ3n) is 1.74. The topological polar surface area (TPSA) is 63.8 Å². The Bertz CT molecular complexity index is 440. The van der Waals surface area contributed by atoms with Crippen molar-refractivity contribution in [2.75, 3.05) is 11.1 Å². The van der Waals surface area contributed by atoms with E-state index in [4.69, 9.17) is 5.73 Å². The number of halogens is 1. The van der Waals surface area contributed by atoms with Crippen LogP contribution >= 0.6 is 27.3 Å². The number of thiophene rings is 1. The van der Waals surface area contributed by atoms with Gasteiger partial charge < -0.3 is 11.1 Å². The SMILES string of the molecule is Nc1cnc(NCc2cc(Br)cs2)cn1. The molecule has 3 N–H and O–H groups in total. The molecule has 2 aromatic heterocycles. The van der Waals surface area contributed by atoms with Crippen LogP contribution in [0.25, 0.3) is 0 Å². The lowest BCUT2D eigenvalue weighted by Gasteiger charge is -2.02. The standard InChI is InChI=1S/C9H9BrN4S/c10-6-1-7(15-5-6)2-13-9-4-12-8(11)3-14-9/h1,3-5H,2H2,(H2,11,12)(H,13,14). The van der Waals surface area contributed by atoms with E-state index in [1.807, 2.05) is 5.38 Å². The molecule has 0 aliphatic heterocycles. The highest BCUT2D eigenvalue weighted by molar-refractivity contribution is 9.10. The first-order chi connectivity index (χ1) is 7.24. The van der Waals surface area contributed by atoms with Gasteiger partial charge in [-0.3, -0.25) is 0 Å². The molecule has 0 amide bonds. The molecule has 0 bridgehead atoms. The third-order valence-corrected chi connectivity index (χ3v) is 3.43. The summed E-state index contributed by atoms with van der Waals surface area (Å²) in [5.41, 5.74) is 5.43. The van der Waals surface area contributed by atoms with Crippen molar-refractivity contribution in [3.05, 3.63) is 33.2 Å². The highest BCUT2D eigenvalue weighted by atomic mass is 79.9. The molecule has 0 aliphatic carbocycles. The zero-order valence-electron chi connectivity index (χ0n) is 7.77. The van der Waals surface area contributed by atoms with Gasteiger partial charge in [0.2, 0.25) is 0 Å². The van der Waals surface area contributed by atoms with Gasteiger partial charge in [-0.25, -0.2) is 9.97 Å². The fraction of sp³-hybridized carbons (Fsp3) is 0.111. The normalized spacial score (nSPS) is 10.2. The average Bonchev–Trinajstić information content (AvgIpc) is 2.64. The van der Waals surface area contributed by atoms with Gasteiger partial charge in [0.1, 0.15) is 11.6 Å². The lowest BCUT2D eigenvalue weighted by atomic mass is 10.4. The molecular weight excluding hydrogens is 276 g/mol. The van der Waals surface area contributed by atoms with Crippen LogP contribution in [0.15, 0.2) is 28.3 Å². The Morgan fingerprint density at radius 2 is 2.27 bits per heavy atom. The number of anilines is 2. The van der Waals surface area contributed by atoms with Crippen molar-refractivity contribution in [1.29, 1.82) is 0 Å². The second-order valence-electron chi connectivity index (χ2n) is 2.91. The molecule has 0 spiro atoms. The molecule has 0 atom stereocenters. The Balaban J connectivity index is 1.96. The minimum atomic E-state index is 0.430. The maximum atomic E-state index is 5.43. The molecule has 0 saturated heterocycles. The molecule has 4 nitrogen and oxygen atoms in total. The third kappa shape index (κ3) is 2.90. The quantitative estimate of drug-likeness (QED) is 0.909. The monoisotopic (exact) mass is 284 g/mol. The van der Waals surface area contributed by atoms with E-state index in [0.29, 0.717) is 5.82 Å². The summed E-state index contributed by atoms with van der Waals surface area (Å²) >= 11 is 5.10. The largest absolute Gasteiger partial charge is 0.382 e. The Morgan fingerprint density at radius 1 is 1.40 bits per heavy atom. The van der Waals surface area contributed by atoms with E-state index in [-0.39, 0.29) is 0 Å². The lowest BCUT2D eigenvalue weighted by molar-refractivity contribution is 1.11. The van der Waals surface area contributed by atoms with Crippen molar-refractivity contribution in [3.63, 3.8) is 0 Å². The number of hydrogen-bond donors (Lipinski definition) is 2. The summed E-state index contributed by atoms with van der Waals surface area (Å²) in [6.45, 7) is 0.745. The number of nitrogens with two attached hydrogens (primary N) is 1. The summed E-state index contributed by atoms with van der Waals surface area (Å²) in [5, 5.41) is 5.21. The average molecular weight is 285 g/mol. The molecule has 0 saturated carbocycles. The van der Waals surface area contributed by atoms with E-state index in [2.05, 4.69) is 37.3 Å². The highest BCUT2D eigenvalue weighted by Gasteiger charge is 1.98. The van der Waals surface area contributed by atoms with Crippen LogP contribution in [0, 0.1) is 0 Å². The molecule has 2 heterocycles. The summed E-state index contributed by atoms with van der Waals surface area (Å²) in [6.07, 6.45) is 3.16. The summed E-state index contributed by atoms with van der Waals surface area (Å²) in [6, 6.07) is 2.07. The zero-order chi connectivity index (χ0) is 10.7. The van der Waals surface area contributed by atoms with E-state index in [9.17, 15) is 0 Å². The van der Waals surface area contributed by atoms with Crippen LogP contribution in [-0.4, -0.2) is 9.97 Å². The van der Waals surface area contributed by atoms with Gasteiger partial charge in [0.05, 0.1) is 18.9 Å². The molecule has 0 unspecified atom stereocenters. The fourth-order valence-electron chi connectivity index (χ4n) is 1.05. The number of nitrogen functional groups attached to an aromatic ring is 1. The van der Waals surface area contributed by atoms with Crippen molar-refractivity contribution < 1.29 is 0 Å².